The molecular formula is C20H17ClF3N3O2S. The monoisotopic (exact) mass is 455 g/mol. The minimum absolute atomic E-state index is 0.0491. The van der Waals surface area contributed by atoms with Crippen molar-refractivity contribution in [2.24, 2.45) is 4.99 Å². The van der Waals surface area contributed by atoms with Crippen molar-refractivity contribution in [3.05, 3.63) is 59.1 Å². The third-order valence-electron chi connectivity index (χ3n) is 4.24. The number of amidine groups is 1. The van der Waals surface area contributed by atoms with Crippen molar-refractivity contribution in [2.45, 2.75) is 24.8 Å². The largest absolute Gasteiger partial charge is 0.416 e. The van der Waals surface area contributed by atoms with Crippen LogP contribution in [0, 0.1) is 0 Å². The van der Waals surface area contributed by atoms with E-state index in [4.69, 9.17) is 11.6 Å². The van der Waals surface area contributed by atoms with Crippen molar-refractivity contribution in [1.29, 1.82) is 0 Å². The zero-order valence-electron chi connectivity index (χ0n) is 15.7. The Morgan fingerprint density at radius 3 is 2.67 bits per heavy atom. The summed E-state index contributed by atoms with van der Waals surface area (Å²) in [7, 11) is 0. The molecule has 1 atom stereocenters. The number of anilines is 1. The molecule has 1 N–H and O–H groups in total. The Labute approximate surface area is 180 Å². The number of hydrogen-bond donors (Lipinski definition) is 1. The summed E-state index contributed by atoms with van der Waals surface area (Å²) in [5.74, 6) is -0.740. The fourth-order valence-corrected chi connectivity index (χ4v) is 4.16. The first-order valence-corrected chi connectivity index (χ1v) is 10.2. The van der Waals surface area contributed by atoms with Crippen molar-refractivity contribution >= 4 is 51.7 Å². The molecule has 10 heteroatoms. The van der Waals surface area contributed by atoms with E-state index in [1.807, 2.05) is 0 Å². The van der Waals surface area contributed by atoms with Crippen LogP contribution in [0.4, 0.5) is 24.5 Å². The van der Waals surface area contributed by atoms with Crippen LogP contribution < -0.4 is 5.32 Å². The Morgan fingerprint density at radius 1 is 1.27 bits per heavy atom. The summed E-state index contributed by atoms with van der Waals surface area (Å²) in [6, 6.07) is 11.1. The second kappa shape index (κ2) is 9.09. The fourth-order valence-electron chi connectivity index (χ4n) is 2.80. The summed E-state index contributed by atoms with van der Waals surface area (Å²) in [6.45, 7) is 2.01. The number of rotatable bonds is 4. The first-order valence-electron chi connectivity index (χ1n) is 8.96. The molecule has 3 rings (SSSR count). The van der Waals surface area contributed by atoms with Crippen molar-refractivity contribution in [1.82, 2.24) is 4.90 Å². The lowest BCUT2D eigenvalue weighted by Gasteiger charge is -2.31. The molecule has 1 aliphatic rings. The van der Waals surface area contributed by atoms with Crippen molar-refractivity contribution in [2.75, 3.05) is 11.9 Å². The number of amides is 2. The number of nitrogens with one attached hydrogen (secondary N) is 1. The lowest BCUT2D eigenvalue weighted by atomic mass is 10.2. The molecule has 2 amide bonds. The molecule has 1 aliphatic heterocycles. The highest BCUT2D eigenvalue weighted by Crippen LogP contribution is 2.33. The summed E-state index contributed by atoms with van der Waals surface area (Å²) >= 11 is 6.95. The van der Waals surface area contributed by atoms with Crippen LogP contribution in [0.25, 0.3) is 0 Å². The lowest BCUT2D eigenvalue weighted by Crippen LogP contribution is -2.45. The number of aliphatic imine (C=N–C) groups is 1. The van der Waals surface area contributed by atoms with Gasteiger partial charge in [-0.15, -0.1) is 0 Å². The van der Waals surface area contributed by atoms with Gasteiger partial charge in [-0.05, 0) is 43.3 Å². The van der Waals surface area contributed by atoms with Gasteiger partial charge in [0.15, 0.2) is 5.17 Å². The molecular weight excluding hydrogens is 439 g/mol. The molecule has 1 heterocycles. The van der Waals surface area contributed by atoms with Crippen molar-refractivity contribution in [3.8, 4) is 0 Å². The van der Waals surface area contributed by atoms with Gasteiger partial charge in [0.2, 0.25) is 11.8 Å². The quantitative estimate of drug-likeness (QED) is 0.677. The topological polar surface area (TPSA) is 61.8 Å². The molecule has 30 heavy (non-hydrogen) atoms. The standard InChI is InChI=1S/C20H17ClF3N3O2S/c1-2-27-17(28)11-16(18(29)25-15-8-4-6-13(21)10-15)30-19(27)26-14-7-3-5-12(9-14)20(22,23)24/h3-10,16H,2,11H2,1H3,(H,25,29). The summed E-state index contributed by atoms with van der Waals surface area (Å²) in [4.78, 5) is 30.8. The SMILES string of the molecule is CCN1C(=O)CC(C(=O)Nc2cccc(Cl)c2)SC1=Nc1cccc(C(F)(F)F)c1. The Kier molecular flexibility index (Phi) is 6.72. The van der Waals surface area contributed by atoms with E-state index >= 15 is 0 Å². The number of nitrogens with zero attached hydrogens (tertiary/aromatic N) is 2. The molecule has 0 aliphatic carbocycles. The Hall–Kier alpha value is -2.52. The molecule has 2 aromatic carbocycles. The second-order valence-corrected chi connectivity index (χ2v) is 8.00. The van der Waals surface area contributed by atoms with Crippen LogP contribution in [0.3, 0.4) is 0 Å². The minimum Gasteiger partial charge on any atom is -0.325 e. The fraction of sp³-hybridized carbons (Fsp3) is 0.250. The molecule has 1 unspecified atom stereocenters. The Balaban J connectivity index is 1.85. The van der Waals surface area contributed by atoms with Gasteiger partial charge >= 0.3 is 6.18 Å². The van der Waals surface area contributed by atoms with E-state index in [2.05, 4.69) is 10.3 Å². The number of carbonyl (C=O) groups excluding carboxylic acids is 2. The maximum Gasteiger partial charge on any atom is 0.416 e. The highest BCUT2D eigenvalue weighted by Gasteiger charge is 2.35. The molecule has 0 bridgehead atoms. The van der Waals surface area contributed by atoms with Gasteiger partial charge in [0.1, 0.15) is 5.25 Å². The predicted molar refractivity (Wildman–Crippen MR) is 112 cm³/mol. The molecule has 0 aromatic heterocycles. The number of thioether (sulfide) groups is 1. The smallest absolute Gasteiger partial charge is 0.325 e. The van der Waals surface area contributed by atoms with E-state index in [0.717, 1.165) is 23.9 Å². The van der Waals surface area contributed by atoms with Gasteiger partial charge in [-0.2, -0.15) is 13.2 Å². The van der Waals surface area contributed by atoms with Crippen LogP contribution in [0.15, 0.2) is 53.5 Å². The van der Waals surface area contributed by atoms with E-state index < -0.39 is 22.9 Å². The van der Waals surface area contributed by atoms with Crippen molar-refractivity contribution in [3.63, 3.8) is 0 Å². The average molecular weight is 456 g/mol. The molecule has 5 nitrogen and oxygen atoms in total. The normalized spacial score (nSPS) is 18.6. The molecule has 0 saturated carbocycles. The number of alkyl halides is 3. The highest BCUT2D eigenvalue weighted by molar-refractivity contribution is 8.15. The maximum absolute atomic E-state index is 13.0. The third kappa shape index (κ3) is 5.34. The lowest BCUT2D eigenvalue weighted by molar-refractivity contribution is -0.137. The number of hydrogen-bond acceptors (Lipinski definition) is 4. The van der Waals surface area contributed by atoms with E-state index in [1.165, 1.54) is 17.0 Å². The summed E-state index contributed by atoms with van der Waals surface area (Å²) in [5, 5.41) is 2.55. The molecule has 1 fully saturated rings. The predicted octanol–water partition coefficient (Wildman–Crippen LogP) is 5.34. The maximum atomic E-state index is 13.0. The van der Waals surface area contributed by atoms with Crippen LogP contribution >= 0.6 is 23.4 Å². The van der Waals surface area contributed by atoms with Crippen molar-refractivity contribution < 1.29 is 22.8 Å². The van der Waals surface area contributed by atoms with Crippen LogP contribution in [0.2, 0.25) is 5.02 Å². The number of halogens is 4. The van der Waals surface area contributed by atoms with Gasteiger partial charge in [-0.1, -0.05) is 35.5 Å². The molecule has 1 saturated heterocycles. The van der Waals surface area contributed by atoms with Crippen LogP contribution in [-0.2, 0) is 15.8 Å². The van der Waals surface area contributed by atoms with E-state index in [1.54, 1.807) is 31.2 Å². The van der Waals surface area contributed by atoms with Gasteiger partial charge in [-0.3, -0.25) is 14.5 Å². The van der Waals surface area contributed by atoms with Gasteiger partial charge in [0.25, 0.3) is 0 Å². The average Bonchev–Trinajstić information content (AvgIpc) is 2.67. The molecule has 0 spiro atoms. The number of benzene rings is 2. The van der Waals surface area contributed by atoms with E-state index in [-0.39, 0.29) is 29.7 Å². The van der Waals surface area contributed by atoms with E-state index in [9.17, 15) is 22.8 Å². The van der Waals surface area contributed by atoms with E-state index in [0.29, 0.717) is 10.7 Å². The van der Waals surface area contributed by atoms with Gasteiger partial charge in [0, 0.05) is 23.7 Å². The summed E-state index contributed by atoms with van der Waals surface area (Å²) in [5.41, 5.74) is -0.306. The van der Waals surface area contributed by atoms with Crippen LogP contribution in [-0.4, -0.2) is 33.7 Å². The number of carbonyl (C=O) groups is 2. The van der Waals surface area contributed by atoms with Crippen LogP contribution in [0.1, 0.15) is 18.9 Å². The summed E-state index contributed by atoms with van der Waals surface area (Å²) < 4.78 is 38.9. The highest BCUT2D eigenvalue weighted by atomic mass is 35.5. The first kappa shape index (κ1) is 22.2. The molecule has 0 radical (unpaired) electrons. The Bertz CT molecular complexity index is 997. The second-order valence-electron chi connectivity index (χ2n) is 6.39. The summed E-state index contributed by atoms with van der Waals surface area (Å²) in [6.07, 6.45) is -4.55. The zero-order valence-corrected chi connectivity index (χ0v) is 17.3. The molecule has 158 valence electrons. The minimum atomic E-state index is -4.50. The van der Waals surface area contributed by atoms with Crippen LogP contribution in [0.5, 0.6) is 0 Å². The first-order chi connectivity index (χ1) is 14.2. The zero-order chi connectivity index (χ0) is 21.9. The van der Waals surface area contributed by atoms with Gasteiger partial charge < -0.3 is 5.32 Å². The van der Waals surface area contributed by atoms with Gasteiger partial charge in [-0.25, -0.2) is 4.99 Å². The van der Waals surface area contributed by atoms with Gasteiger partial charge in [0.05, 0.1) is 11.3 Å². The molecule has 2 aromatic rings. The Morgan fingerprint density at radius 2 is 2.00 bits per heavy atom. The third-order valence-corrected chi connectivity index (χ3v) is 5.66.